The van der Waals surface area contributed by atoms with Crippen LogP contribution < -0.4 is 19.6 Å². The molecule has 2 heterocycles. The Balaban J connectivity index is 1.54. The zero-order valence-corrected chi connectivity index (χ0v) is 31.2. The Morgan fingerprint density at radius 3 is 2.50 bits per heavy atom. The molecule has 1 aliphatic heterocycles. The van der Waals surface area contributed by atoms with Gasteiger partial charge in [0.05, 0.1) is 43.7 Å². The molecule has 0 bridgehead atoms. The van der Waals surface area contributed by atoms with E-state index in [-0.39, 0.29) is 18.8 Å². The number of nitriles is 1. The summed E-state index contributed by atoms with van der Waals surface area (Å²) in [6, 6.07) is 29.8. The highest BCUT2D eigenvalue weighted by molar-refractivity contribution is 14.1. The maximum Gasteiger partial charge on any atom is 0.338 e. The Labute approximate surface area is 307 Å². The third kappa shape index (κ3) is 7.08. The fourth-order valence-electron chi connectivity index (χ4n) is 5.35. The number of rotatable bonds is 9. The van der Waals surface area contributed by atoms with Crippen LogP contribution in [0.4, 0.5) is 0 Å². The Hall–Kier alpha value is -3.96. The van der Waals surface area contributed by atoms with Gasteiger partial charge in [-0.25, -0.2) is 9.79 Å². The van der Waals surface area contributed by atoms with E-state index in [2.05, 4.69) is 44.6 Å². The van der Waals surface area contributed by atoms with E-state index in [0.717, 1.165) is 29.6 Å². The summed E-state index contributed by atoms with van der Waals surface area (Å²) < 4.78 is 15.6. The normalized spacial score (nSPS) is 14.2. The van der Waals surface area contributed by atoms with Gasteiger partial charge in [0.1, 0.15) is 12.4 Å². The topological polar surface area (TPSA) is 93.7 Å². The van der Waals surface area contributed by atoms with E-state index in [4.69, 9.17) is 19.7 Å². The predicted molar refractivity (Wildman–Crippen MR) is 202 cm³/mol. The van der Waals surface area contributed by atoms with E-state index in [0.29, 0.717) is 37.5 Å². The summed E-state index contributed by atoms with van der Waals surface area (Å²) in [6.45, 7) is 2.22. The summed E-state index contributed by atoms with van der Waals surface area (Å²) in [7, 11) is 0. The lowest BCUT2D eigenvalue weighted by Gasteiger charge is -2.26. The molecule has 4 aromatic carbocycles. The van der Waals surface area contributed by atoms with Gasteiger partial charge in [-0.2, -0.15) is 5.26 Å². The molecule has 1 atom stereocenters. The summed E-state index contributed by atoms with van der Waals surface area (Å²) in [6.07, 6.45) is 3.82. The molecule has 6 rings (SSSR count). The van der Waals surface area contributed by atoms with Gasteiger partial charge >= 0.3 is 5.97 Å². The second kappa shape index (κ2) is 15.1. The highest BCUT2D eigenvalue weighted by atomic mass is 127. The number of thiazole rings is 1. The van der Waals surface area contributed by atoms with E-state index >= 15 is 0 Å². The van der Waals surface area contributed by atoms with Gasteiger partial charge in [0.15, 0.2) is 4.80 Å². The molecule has 0 spiro atoms. The SMILES string of the molecule is CCOC(=O)C1=C(c2ccccc2)N=c2s/c(=C\c3cc(Br)cc(I)c3OCc3ccc(C#N)cc3)c(=O)n2[C@@H]1c1ccc(SC)cc1. The molecule has 0 amide bonds. The molecule has 0 saturated heterocycles. The van der Waals surface area contributed by atoms with E-state index < -0.39 is 12.0 Å². The van der Waals surface area contributed by atoms with Crippen LogP contribution in [0.3, 0.4) is 0 Å². The number of hydrogen-bond donors (Lipinski definition) is 0. The van der Waals surface area contributed by atoms with Gasteiger partial charge in [-0.15, -0.1) is 11.8 Å². The Bertz CT molecular complexity index is 2260. The number of halogens is 2. The van der Waals surface area contributed by atoms with Gasteiger partial charge in [-0.3, -0.25) is 9.36 Å². The monoisotopic (exact) mass is 847 g/mol. The van der Waals surface area contributed by atoms with E-state index in [1.165, 1.54) is 11.3 Å². The zero-order valence-electron chi connectivity index (χ0n) is 25.8. The fourth-order valence-corrected chi connectivity index (χ4v) is 8.46. The predicted octanol–water partition coefficient (Wildman–Crippen LogP) is 7.48. The molecule has 0 saturated carbocycles. The highest BCUT2D eigenvalue weighted by Gasteiger charge is 2.35. The maximum absolute atomic E-state index is 14.4. The minimum absolute atomic E-state index is 0.180. The molecule has 48 heavy (non-hydrogen) atoms. The number of esters is 1. The first-order chi connectivity index (χ1) is 23.3. The van der Waals surface area contributed by atoms with Gasteiger partial charge in [0.25, 0.3) is 5.56 Å². The van der Waals surface area contributed by atoms with Crippen LogP contribution >= 0.6 is 61.6 Å². The van der Waals surface area contributed by atoms with E-state index in [1.54, 1.807) is 35.4 Å². The number of hydrogen-bond acceptors (Lipinski definition) is 8. The van der Waals surface area contributed by atoms with Crippen molar-refractivity contribution in [3.8, 4) is 11.8 Å². The van der Waals surface area contributed by atoms with Crippen molar-refractivity contribution >= 4 is 79.4 Å². The second-order valence-electron chi connectivity index (χ2n) is 10.6. The quantitative estimate of drug-likeness (QED) is 0.0869. The zero-order chi connectivity index (χ0) is 33.8. The highest BCUT2D eigenvalue weighted by Crippen LogP contribution is 2.36. The number of ether oxygens (including phenoxy) is 2. The number of nitrogens with zero attached hydrogens (tertiary/aromatic N) is 3. The van der Waals surface area contributed by atoms with Crippen molar-refractivity contribution in [2.75, 3.05) is 12.9 Å². The van der Waals surface area contributed by atoms with Gasteiger partial charge < -0.3 is 9.47 Å². The van der Waals surface area contributed by atoms with Crippen LogP contribution in [0.1, 0.15) is 40.8 Å². The van der Waals surface area contributed by atoms with E-state index in [9.17, 15) is 9.59 Å². The average molecular weight is 849 g/mol. The summed E-state index contributed by atoms with van der Waals surface area (Å²) in [5.41, 5.74) is 4.23. The van der Waals surface area contributed by atoms with Crippen LogP contribution in [0, 0.1) is 14.9 Å². The molecule has 1 aliphatic rings. The van der Waals surface area contributed by atoms with Crippen molar-refractivity contribution in [1.82, 2.24) is 4.57 Å². The summed E-state index contributed by atoms with van der Waals surface area (Å²) in [4.78, 5) is 34.7. The van der Waals surface area contributed by atoms with Gasteiger partial charge in [-0.1, -0.05) is 81.9 Å². The van der Waals surface area contributed by atoms with Crippen LogP contribution in [0.15, 0.2) is 116 Å². The second-order valence-corrected chi connectivity index (χ2v) is 14.6. The van der Waals surface area contributed by atoms with Crippen molar-refractivity contribution in [3.05, 3.63) is 152 Å². The first kappa shape index (κ1) is 33.9. The minimum atomic E-state index is -0.761. The molecular weight excluding hydrogens is 821 g/mol. The Kier molecular flexibility index (Phi) is 10.7. The number of aromatic nitrogens is 1. The third-order valence-electron chi connectivity index (χ3n) is 7.60. The largest absolute Gasteiger partial charge is 0.487 e. The van der Waals surface area contributed by atoms with Crippen LogP contribution in [0.5, 0.6) is 5.75 Å². The number of carbonyl (C=O) groups excluding carboxylic acids is 1. The van der Waals surface area contributed by atoms with Crippen LogP contribution in [0.25, 0.3) is 11.8 Å². The number of fused-ring (bicyclic) bond motifs is 1. The molecule has 0 unspecified atom stereocenters. The summed E-state index contributed by atoms with van der Waals surface area (Å²) in [5, 5.41) is 9.15. The molecule has 0 radical (unpaired) electrons. The lowest BCUT2D eigenvalue weighted by molar-refractivity contribution is -0.138. The number of carbonyl (C=O) groups is 1. The summed E-state index contributed by atoms with van der Waals surface area (Å²) >= 11 is 8.70. The first-order valence-electron chi connectivity index (χ1n) is 14.8. The van der Waals surface area contributed by atoms with Crippen molar-refractivity contribution < 1.29 is 14.3 Å². The average Bonchev–Trinajstić information content (AvgIpc) is 3.41. The van der Waals surface area contributed by atoms with Gasteiger partial charge in [-0.05, 0) is 89.4 Å². The minimum Gasteiger partial charge on any atom is -0.487 e. The van der Waals surface area contributed by atoms with Gasteiger partial charge in [0.2, 0.25) is 0 Å². The first-order valence-corrected chi connectivity index (χ1v) is 18.8. The molecule has 0 aliphatic carbocycles. The lowest BCUT2D eigenvalue weighted by atomic mass is 9.93. The molecule has 7 nitrogen and oxygen atoms in total. The van der Waals surface area contributed by atoms with Crippen LogP contribution in [-0.4, -0.2) is 23.4 Å². The number of benzene rings is 4. The van der Waals surface area contributed by atoms with Crippen molar-refractivity contribution in [3.63, 3.8) is 0 Å². The van der Waals surface area contributed by atoms with Crippen molar-refractivity contribution in [2.24, 2.45) is 4.99 Å². The molecule has 5 aromatic rings. The lowest BCUT2D eigenvalue weighted by Crippen LogP contribution is -2.40. The maximum atomic E-state index is 14.4. The van der Waals surface area contributed by atoms with Crippen molar-refractivity contribution in [1.29, 1.82) is 5.26 Å². The molecule has 0 fully saturated rings. The molecule has 0 N–H and O–H groups in total. The van der Waals surface area contributed by atoms with E-state index in [1.807, 2.05) is 91.2 Å². The third-order valence-corrected chi connectivity index (χ3v) is 10.6. The van der Waals surface area contributed by atoms with Crippen molar-refractivity contribution in [2.45, 2.75) is 24.5 Å². The smallest absolute Gasteiger partial charge is 0.338 e. The standard InChI is InChI=1S/C37H27BrIN3O4S2/c1-3-45-36(44)31-32(24-7-5-4-6-8-24)41-37-42(33(31)25-13-15-28(47-2)16-14-25)35(43)30(48-37)18-26-17-27(38)19-29(39)34(26)46-21-23-11-9-22(20-40)10-12-23/h4-19,33H,3,21H2,1-2H3/b30-18-/t33-/m1/s1. The van der Waals surface area contributed by atoms with Gasteiger partial charge in [0, 0.05) is 20.5 Å². The van der Waals surface area contributed by atoms with Crippen LogP contribution in [-0.2, 0) is 16.1 Å². The Morgan fingerprint density at radius 2 is 1.83 bits per heavy atom. The molecule has 240 valence electrons. The number of thioether (sulfide) groups is 1. The molecule has 1 aromatic heterocycles. The molecular formula is C37H27BrIN3O4S2. The molecule has 11 heteroatoms. The Morgan fingerprint density at radius 1 is 1.10 bits per heavy atom. The fraction of sp³-hybridized carbons (Fsp3) is 0.135. The van der Waals surface area contributed by atoms with Crippen LogP contribution in [0.2, 0.25) is 0 Å². The summed E-state index contributed by atoms with van der Waals surface area (Å²) in [5.74, 6) is 0.101.